The van der Waals surface area contributed by atoms with Gasteiger partial charge in [0.05, 0.1) is 20.0 Å². The molecule has 2 aromatic heterocycles. The van der Waals surface area contributed by atoms with Crippen LogP contribution in [-0.2, 0) is 23.4 Å². The minimum absolute atomic E-state index is 0.0761. The average Bonchev–Trinajstić information content (AvgIpc) is 3.57. The third kappa shape index (κ3) is 5.35. The minimum atomic E-state index is -3.53. The Morgan fingerprint density at radius 1 is 1.38 bits per heavy atom. The number of fused-ring (bicyclic) bond motifs is 1. The number of carbonyl (C=O) groups is 1. The summed E-state index contributed by atoms with van der Waals surface area (Å²) >= 11 is 0.956. The number of anilines is 1. The second-order valence-corrected chi connectivity index (χ2v) is 13.7. The number of benzene rings is 1. The van der Waals surface area contributed by atoms with Gasteiger partial charge in [0, 0.05) is 5.75 Å². The second kappa shape index (κ2) is 10.7. The first-order chi connectivity index (χ1) is 18.5. The van der Waals surface area contributed by atoms with E-state index in [2.05, 4.69) is 20.0 Å². The Hall–Kier alpha value is -2.78. The Bertz CT molecular complexity index is 1410. The molecular weight excluding hydrogens is 551 g/mol. The summed E-state index contributed by atoms with van der Waals surface area (Å²) in [7, 11) is 1.41. The van der Waals surface area contributed by atoms with Crippen LogP contribution in [0.25, 0.3) is 11.2 Å². The molecule has 4 heterocycles. The molecule has 14 nitrogen and oxygen atoms in total. The largest absolute Gasteiger partial charge is 0.479 e. The van der Waals surface area contributed by atoms with Crippen LogP contribution in [-0.4, -0.2) is 79.0 Å². The zero-order chi connectivity index (χ0) is 27.9. The van der Waals surface area contributed by atoms with Gasteiger partial charge in [-0.25, -0.2) is 10.1 Å². The molecular formula is C23H29N6O8PS. The fraction of sp³-hybridized carbons (Fsp3) is 0.478. The molecule has 0 bridgehead atoms. The van der Waals surface area contributed by atoms with Crippen molar-refractivity contribution in [3.8, 4) is 5.88 Å². The number of nitrogens with one attached hydrogen (secondary N) is 1. The first kappa shape index (κ1) is 27.8. The number of aliphatic hydroxyl groups is 2. The highest BCUT2D eigenvalue weighted by Gasteiger charge is 2.54. The number of hydrogen-bond donors (Lipinski definition) is 4. The van der Waals surface area contributed by atoms with Crippen molar-refractivity contribution in [2.75, 3.05) is 25.2 Å². The highest BCUT2D eigenvalue weighted by atomic mass is 32.7. The van der Waals surface area contributed by atoms with Gasteiger partial charge in [-0.3, -0.25) is 13.9 Å². The van der Waals surface area contributed by atoms with E-state index in [1.807, 2.05) is 30.3 Å². The van der Waals surface area contributed by atoms with Crippen LogP contribution in [0.4, 0.5) is 5.95 Å². The Morgan fingerprint density at radius 2 is 2.13 bits per heavy atom. The van der Waals surface area contributed by atoms with Crippen molar-refractivity contribution in [2.24, 2.45) is 0 Å². The van der Waals surface area contributed by atoms with Gasteiger partial charge in [0.1, 0.15) is 30.0 Å². The predicted molar refractivity (Wildman–Crippen MR) is 141 cm³/mol. The van der Waals surface area contributed by atoms with E-state index in [1.54, 1.807) is 6.92 Å². The number of methoxy groups -OCH3 is 1. The molecule has 3 aromatic rings. The maximum atomic E-state index is 13.3. The van der Waals surface area contributed by atoms with Gasteiger partial charge in [0.2, 0.25) is 11.8 Å². The van der Waals surface area contributed by atoms with E-state index in [0.29, 0.717) is 0 Å². The van der Waals surface area contributed by atoms with Crippen molar-refractivity contribution in [2.45, 2.75) is 50.0 Å². The molecule has 5 N–H and O–H groups in total. The maximum absolute atomic E-state index is 13.3. The van der Waals surface area contributed by atoms with Crippen molar-refractivity contribution in [1.82, 2.24) is 24.6 Å². The molecule has 7 atom stereocenters. The summed E-state index contributed by atoms with van der Waals surface area (Å²) in [5, 5.41) is 24.7. The topological polar surface area (TPSA) is 193 Å². The van der Waals surface area contributed by atoms with Crippen molar-refractivity contribution >= 4 is 41.2 Å². The molecule has 16 heteroatoms. The van der Waals surface area contributed by atoms with Crippen molar-refractivity contribution in [1.29, 1.82) is 0 Å². The number of nitrogen functional groups attached to an aromatic ring is 1. The van der Waals surface area contributed by atoms with Gasteiger partial charge in [-0.15, -0.1) is 0 Å². The van der Waals surface area contributed by atoms with Crippen LogP contribution in [0.15, 0.2) is 36.7 Å². The number of nitrogens with zero attached hydrogens (tertiary/aromatic N) is 4. The number of rotatable bonds is 8. The van der Waals surface area contributed by atoms with Crippen LogP contribution in [0.2, 0.25) is 0 Å². The Labute approximate surface area is 227 Å². The minimum Gasteiger partial charge on any atom is -0.479 e. The standard InChI is InChI=1S/C23H29N6O8PS/c1-12(13-7-5-4-6-8-13)36-20(31)14-10-39-38(33,28-14)35-9-15-17(30)23(2,32)21(37-15)29-11-25-16-18(29)26-22(24)27-19(16)34-3/h4-8,11-12,14-15,17,21,30,32H,9-10H2,1-3H3,(H,28,33)(H2,24,26,27)/t12-,14?,15+,17+,21?,23+,38?/m0/s1. The third-order valence-electron chi connectivity index (χ3n) is 6.59. The fourth-order valence-electron chi connectivity index (χ4n) is 4.45. The van der Waals surface area contributed by atoms with Crippen LogP contribution in [0.3, 0.4) is 0 Å². The van der Waals surface area contributed by atoms with Gasteiger partial charge in [0.15, 0.2) is 17.4 Å². The van der Waals surface area contributed by atoms with Crippen molar-refractivity contribution in [3.05, 3.63) is 42.2 Å². The molecule has 0 spiro atoms. The van der Waals surface area contributed by atoms with Crippen molar-refractivity contribution in [3.63, 3.8) is 0 Å². The Balaban J connectivity index is 1.23. The van der Waals surface area contributed by atoms with Crippen LogP contribution < -0.4 is 15.6 Å². The van der Waals surface area contributed by atoms with Gasteiger partial charge < -0.3 is 34.7 Å². The molecule has 2 fully saturated rings. The molecule has 39 heavy (non-hydrogen) atoms. The molecule has 5 rings (SSSR count). The lowest BCUT2D eigenvalue weighted by Crippen LogP contribution is -2.44. The summed E-state index contributed by atoms with van der Waals surface area (Å²) in [6, 6.07) is 8.43. The lowest BCUT2D eigenvalue weighted by atomic mass is 9.96. The van der Waals surface area contributed by atoms with Gasteiger partial charge in [-0.2, -0.15) is 9.97 Å². The highest BCUT2D eigenvalue weighted by Crippen LogP contribution is 2.61. The number of carbonyl (C=O) groups excluding carboxylic acids is 1. The molecule has 0 radical (unpaired) electrons. The third-order valence-corrected chi connectivity index (χ3v) is 10.6. The highest BCUT2D eigenvalue weighted by molar-refractivity contribution is 8.56. The summed E-state index contributed by atoms with van der Waals surface area (Å²) in [4.78, 5) is 25.0. The predicted octanol–water partition coefficient (Wildman–Crippen LogP) is 1.56. The molecule has 2 saturated heterocycles. The monoisotopic (exact) mass is 580 g/mol. The molecule has 210 valence electrons. The zero-order valence-electron chi connectivity index (χ0n) is 21.3. The fourth-order valence-corrected chi connectivity index (χ4v) is 8.33. The molecule has 1 aromatic carbocycles. The number of nitrogens with two attached hydrogens (primary N) is 1. The summed E-state index contributed by atoms with van der Waals surface area (Å²) < 4.78 is 37.0. The lowest BCUT2D eigenvalue weighted by molar-refractivity contribution is -0.150. The van der Waals surface area contributed by atoms with Crippen molar-refractivity contribution < 1.29 is 38.3 Å². The maximum Gasteiger partial charge on any atom is 0.327 e. The Morgan fingerprint density at radius 3 is 2.85 bits per heavy atom. The van der Waals surface area contributed by atoms with Crippen LogP contribution in [0, 0.1) is 0 Å². The number of imidazole rings is 1. The van der Waals surface area contributed by atoms with E-state index in [1.165, 1.54) is 24.9 Å². The first-order valence-corrected chi connectivity index (χ1v) is 15.3. The summed E-state index contributed by atoms with van der Waals surface area (Å²) in [6.45, 7) is -0.719. The summed E-state index contributed by atoms with van der Waals surface area (Å²) in [5.41, 5.74) is 5.33. The molecule has 3 unspecified atom stereocenters. The average molecular weight is 581 g/mol. The number of aliphatic hydroxyl groups excluding tert-OH is 1. The quantitative estimate of drug-likeness (QED) is 0.221. The van der Waals surface area contributed by atoms with Gasteiger partial charge in [-0.1, -0.05) is 41.7 Å². The van der Waals surface area contributed by atoms with Gasteiger partial charge in [-0.05, 0) is 19.4 Å². The number of hydrogen-bond acceptors (Lipinski definition) is 13. The molecule has 2 aliphatic rings. The zero-order valence-corrected chi connectivity index (χ0v) is 23.0. The smallest absolute Gasteiger partial charge is 0.327 e. The second-order valence-electron chi connectivity index (χ2n) is 9.37. The van der Waals surface area contributed by atoms with E-state index in [4.69, 9.17) is 24.5 Å². The van der Waals surface area contributed by atoms with E-state index in [9.17, 15) is 19.6 Å². The summed E-state index contributed by atoms with van der Waals surface area (Å²) in [6.07, 6.45) is -2.75. The molecule has 0 amide bonds. The number of aromatic nitrogens is 4. The van der Waals surface area contributed by atoms with Crippen LogP contribution in [0.5, 0.6) is 5.88 Å². The van der Waals surface area contributed by atoms with Crippen LogP contribution in [0.1, 0.15) is 31.7 Å². The summed E-state index contributed by atoms with van der Waals surface area (Å²) in [5.74, 6) is -0.310. The first-order valence-electron chi connectivity index (χ1n) is 12.0. The van der Waals surface area contributed by atoms with Gasteiger partial charge >= 0.3 is 12.7 Å². The van der Waals surface area contributed by atoms with E-state index < -0.39 is 48.9 Å². The molecule has 0 aliphatic carbocycles. The van der Waals surface area contributed by atoms with E-state index in [-0.39, 0.29) is 35.4 Å². The molecule has 0 saturated carbocycles. The van der Waals surface area contributed by atoms with Crippen LogP contribution >= 0.6 is 18.1 Å². The number of esters is 1. The van der Waals surface area contributed by atoms with Gasteiger partial charge in [0.25, 0.3) is 0 Å². The molecule has 2 aliphatic heterocycles. The normalized spacial score (nSPS) is 31.4. The Kier molecular flexibility index (Phi) is 7.59. The lowest BCUT2D eigenvalue weighted by Gasteiger charge is -2.27. The SMILES string of the molecule is COc1nc(N)nc2c1ncn2C1O[C@H](COP2(=O)NC(C(=O)O[C@@H](C)c3ccccc3)CS2)[C@@H](O)[C@@]1(C)O. The van der Waals surface area contributed by atoms with E-state index >= 15 is 0 Å². The van der Waals surface area contributed by atoms with E-state index in [0.717, 1.165) is 16.9 Å². The number of ether oxygens (including phenoxy) is 3.